The molecule has 20 heavy (non-hydrogen) atoms. The number of benzene rings is 2. The maximum Gasteiger partial charge on any atom is 0.0291 e. The summed E-state index contributed by atoms with van der Waals surface area (Å²) in [5, 5.41) is 3.61. The van der Waals surface area contributed by atoms with Crippen molar-refractivity contribution in [2.45, 2.75) is 39.7 Å². The first-order valence-electron chi connectivity index (χ1n) is 7.57. The third kappa shape index (κ3) is 3.94. The molecule has 0 amide bonds. The van der Waals surface area contributed by atoms with Gasteiger partial charge in [-0.15, -0.1) is 0 Å². The lowest BCUT2D eigenvalue weighted by Gasteiger charge is -2.15. The first kappa shape index (κ1) is 14.8. The van der Waals surface area contributed by atoms with Gasteiger partial charge in [-0.2, -0.15) is 0 Å². The summed E-state index contributed by atoms with van der Waals surface area (Å²) in [5.41, 5.74) is 5.59. The van der Waals surface area contributed by atoms with E-state index < -0.39 is 0 Å². The molecule has 0 heterocycles. The predicted molar refractivity (Wildman–Crippen MR) is 87.1 cm³/mol. The van der Waals surface area contributed by atoms with Crippen LogP contribution in [0.4, 0.5) is 0 Å². The summed E-state index contributed by atoms with van der Waals surface area (Å²) < 4.78 is 0. The number of hydrogen-bond acceptors (Lipinski definition) is 1. The molecule has 2 aromatic rings. The Morgan fingerprint density at radius 2 is 1.70 bits per heavy atom. The molecule has 0 saturated heterocycles. The molecule has 106 valence electrons. The Morgan fingerprint density at radius 3 is 2.35 bits per heavy atom. The summed E-state index contributed by atoms with van der Waals surface area (Å²) in [7, 11) is 0. The number of hydrogen-bond donors (Lipinski definition) is 1. The lowest BCUT2D eigenvalue weighted by Crippen LogP contribution is -2.21. The van der Waals surface area contributed by atoms with E-state index in [0.29, 0.717) is 6.04 Å². The highest BCUT2D eigenvalue weighted by Crippen LogP contribution is 2.14. The van der Waals surface area contributed by atoms with Crippen LogP contribution in [-0.4, -0.2) is 6.54 Å². The van der Waals surface area contributed by atoms with Gasteiger partial charge in [0.15, 0.2) is 0 Å². The van der Waals surface area contributed by atoms with Gasteiger partial charge in [-0.3, -0.25) is 0 Å². The van der Waals surface area contributed by atoms with Gasteiger partial charge in [0.2, 0.25) is 0 Å². The van der Waals surface area contributed by atoms with Gasteiger partial charge in [0.25, 0.3) is 0 Å². The number of rotatable bonds is 6. The van der Waals surface area contributed by atoms with Crippen molar-refractivity contribution in [3.05, 3.63) is 70.8 Å². The molecule has 0 aliphatic carbocycles. The van der Waals surface area contributed by atoms with Crippen LogP contribution < -0.4 is 5.32 Å². The Balaban J connectivity index is 1.85. The summed E-state index contributed by atoms with van der Waals surface area (Å²) in [6.45, 7) is 7.63. The molecule has 1 nitrogen and oxygen atoms in total. The van der Waals surface area contributed by atoms with Crippen LogP contribution in [0.15, 0.2) is 48.5 Å². The Labute approximate surface area is 123 Å². The largest absolute Gasteiger partial charge is 0.310 e. The van der Waals surface area contributed by atoms with Crippen molar-refractivity contribution in [1.29, 1.82) is 0 Å². The van der Waals surface area contributed by atoms with Crippen molar-refractivity contribution in [2.75, 3.05) is 6.54 Å². The molecule has 0 aromatic heterocycles. The predicted octanol–water partition coefficient (Wildman–Crippen LogP) is 4.45. The van der Waals surface area contributed by atoms with Crippen LogP contribution >= 0.6 is 0 Å². The molecular formula is C19H25N. The SMILES string of the molecule is CCc1ccc(C(C)NCCc2ccccc2C)cc1. The van der Waals surface area contributed by atoms with E-state index in [1.165, 1.54) is 22.3 Å². The summed E-state index contributed by atoms with van der Waals surface area (Å²) in [4.78, 5) is 0. The lowest BCUT2D eigenvalue weighted by atomic mass is 10.0. The summed E-state index contributed by atoms with van der Waals surface area (Å²) in [5.74, 6) is 0. The van der Waals surface area contributed by atoms with Crippen LogP contribution in [0.5, 0.6) is 0 Å². The summed E-state index contributed by atoms with van der Waals surface area (Å²) >= 11 is 0. The molecule has 0 fully saturated rings. The van der Waals surface area contributed by atoms with E-state index >= 15 is 0 Å². The Morgan fingerprint density at radius 1 is 1.00 bits per heavy atom. The van der Waals surface area contributed by atoms with Crippen LogP contribution in [0.2, 0.25) is 0 Å². The van der Waals surface area contributed by atoms with E-state index in [4.69, 9.17) is 0 Å². The number of aryl methyl sites for hydroxylation is 2. The first-order chi connectivity index (χ1) is 9.70. The molecule has 2 aromatic carbocycles. The molecule has 0 radical (unpaired) electrons. The van der Waals surface area contributed by atoms with Crippen molar-refractivity contribution < 1.29 is 0 Å². The Kier molecular flexibility index (Phi) is 5.37. The van der Waals surface area contributed by atoms with Crippen LogP contribution in [0, 0.1) is 6.92 Å². The van der Waals surface area contributed by atoms with Crippen LogP contribution in [0.1, 0.15) is 42.1 Å². The first-order valence-corrected chi connectivity index (χ1v) is 7.57. The molecule has 1 heteroatoms. The fourth-order valence-corrected chi connectivity index (χ4v) is 2.47. The summed E-state index contributed by atoms with van der Waals surface area (Å²) in [6, 6.07) is 18.0. The third-order valence-electron chi connectivity index (χ3n) is 3.99. The zero-order valence-corrected chi connectivity index (χ0v) is 12.8. The highest BCUT2D eigenvalue weighted by molar-refractivity contribution is 5.26. The van der Waals surface area contributed by atoms with E-state index in [1.807, 2.05) is 0 Å². The zero-order chi connectivity index (χ0) is 14.4. The maximum absolute atomic E-state index is 3.61. The number of nitrogens with one attached hydrogen (secondary N) is 1. The van der Waals surface area contributed by atoms with Crippen molar-refractivity contribution >= 4 is 0 Å². The van der Waals surface area contributed by atoms with Gasteiger partial charge >= 0.3 is 0 Å². The smallest absolute Gasteiger partial charge is 0.0291 e. The Bertz CT molecular complexity index is 528. The second-order valence-electron chi connectivity index (χ2n) is 5.45. The van der Waals surface area contributed by atoms with Crippen LogP contribution in [-0.2, 0) is 12.8 Å². The molecule has 0 bridgehead atoms. The second kappa shape index (κ2) is 7.25. The van der Waals surface area contributed by atoms with Crippen LogP contribution in [0.25, 0.3) is 0 Å². The lowest BCUT2D eigenvalue weighted by molar-refractivity contribution is 0.576. The van der Waals surface area contributed by atoms with Crippen molar-refractivity contribution in [3.63, 3.8) is 0 Å². The highest BCUT2D eigenvalue weighted by Gasteiger charge is 2.04. The van der Waals surface area contributed by atoms with Gasteiger partial charge in [-0.25, -0.2) is 0 Å². The minimum absolute atomic E-state index is 0.407. The van der Waals surface area contributed by atoms with E-state index in [1.54, 1.807) is 0 Å². The van der Waals surface area contributed by atoms with E-state index in [-0.39, 0.29) is 0 Å². The average Bonchev–Trinajstić information content (AvgIpc) is 2.49. The topological polar surface area (TPSA) is 12.0 Å². The molecule has 0 spiro atoms. The van der Waals surface area contributed by atoms with Gasteiger partial charge in [0.05, 0.1) is 0 Å². The highest BCUT2D eigenvalue weighted by atomic mass is 14.9. The second-order valence-corrected chi connectivity index (χ2v) is 5.45. The molecule has 1 unspecified atom stereocenters. The molecule has 1 atom stereocenters. The molecule has 2 rings (SSSR count). The zero-order valence-electron chi connectivity index (χ0n) is 12.8. The maximum atomic E-state index is 3.61. The van der Waals surface area contributed by atoms with E-state index in [9.17, 15) is 0 Å². The molecule has 0 aliphatic rings. The van der Waals surface area contributed by atoms with Gasteiger partial charge in [-0.1, -0.05) is 55.5 Å². The van der Waals surface area contributed by atoms with Crippen molar-refractivity contribution in [1.82, 2.24) is 5.32 Å². The molecule has 1 N–H and O–H groups in total. The van der Waals surface area contributed by atoms with Crippen LogP contribution in [0.3, 0.4) is 0 Å². The standard InChI is InChI=1S/C19H25N/c1-4-17-9-11-19(12-10-17)16(3)20-14-13-18-8-6-5-7-15(18)2/h5-12,16,20H,4,13-14H2,1-3H3. The quantitative estimate of drug-likeness (QED) is 0.815. The minimum atomic E-state index is 0.407. The van der Waals surface area contributed by atoms with Gasteiger partial charge in [-0.05, 0) is 55.5 Å². The van der Waals surface area contributed by atoms with E-state index in [2.05, 4.69) is 74.6 Å². The van der Waals surface area contributed by atoms with E-state index in [0.717, 1.165) is 19.4 Å². The van der Waals surface area contributed by atoms with Gasteiger partial charge in [0, 0.05) is 6.04 Å². The average molecular weight is 267 g/mol. The summed E-state index contributed by atoms with van der Waals surface area (Å²) in [6.07, 6.45) is 2.19. The van der Waals surface area contributed by atoms with Crippen molar-refractivity contribution in [2.24, 2.45) is 0 Å². The normalized spacial score (nSPS) is 12.3. The molecule has 0 aliphatic heterocycles. The molecular weight excluding hydrogens is 242 g/mol. The van der Waals surface area contributed by atoms with Gasteiger partial charge in [0.1, 0.15) is 0 Å². The molecule has 0 saturated carbocycles. The Hall–Kier alpha value is -1.60. The third-order valence-corrected chi connectivity index (χ3v) is 3.99. The fourth-order valence-electron chi connectivity index (χ4n) is 2.47. The minimum Gasteiger partial charge on any atom is -0.310 e. The fraction of sp³-hybridized carbons (Fsp3) is 0.368. The van der Waals surface area contributed by atoms with Gasteiger partial charge < -0.3 is 5.32 Å². The monoisotopic (exact) mass is 267 g/mol. The van der Waals surface area contributed by atoms with Crippen molar-refractivity contribution in [3.8, 4) is 0 Å².